The first-order chi connectivity index (χ1) is 14.6. The number of nitrogens with one attached hydrogen (secondary N) is 2. The first-order valence-electron chi connectivity index (χ1n) is 8.99. The van der Waals surface area contributed by atoms with Crippen LogP contribution in [0.1, 0.15) is 5.56 Å². The van der Waals surface area contributed by atoms with Crippen LogP contribution in [0, 0.1) is 0 Å². The maximum Gasteiger partial charge on any atom is 0.573 e. The largest absolute Gasteiger partial charge is 0.573 e. The van der Waals surface area contributed by atoms with Gasteiger partial charge < -0.3 is 20.1 Å². The van der Waals surface area contributed by atoms with E-state index >= 15 is 0 Å². The molecule has 7 nitrogen and oxygen atoms in total. The summed E-state index contributed by atoms with van der Waals surface area (Å²) < 4.78 is 46.5. The van der Waals surface area contributed by atoms with Gasteiger partial charge in [0.25, 0.3) is 0 Å². The molecule has 0 spiro atoms. The first-order valence-corrected chi connectivity index (χ1v) is 9.37. The molecule has 0 radical (unpaired) electrons. The number of para-hydroxylation sites is 1. The molecule has 0 aliphatic carbocycles. The molecule has 2 aromatic rings. The van der Waals surface area contributed by atoms with Gasteiger partial charge >= 0.3 is 6.36 Å². The van der Waals surface area contributed by atoms with Gasteiger partial charge in [0.2, 0.25) is 11.8 Å². The van der Waals surface area contributed by atoms with Crippen LogP contribution in [0.15, 0.2) is 42.5 Å². The van der Waals surface area contributed by atoms with Crippen LogP contribution in [0.4, 0.5) is 18.9 Å². The van der Waals surface area contributed by atoms with Gasteiger partial charge in [-0.2, -0.15) is 0 Å². The number of likely N-dealkylation sites (N-methyl/N-ethyl adjacent to an activating group) is 1. The van der Waals surface area contributed by atoms with Gasteiger partial charge in [0.05, 0.1) is 25.9 Å². The number of hydrogen-bond acceptors (Lipinski definition) is 5. The van der Waals surface area contributed by atoms with Gasteiger partial charge in [-0.3, -0.25) is 14.5 Å². The zero-order valence-electron chi connectivity index (χ0n) is 16.8. The summed E-state index contributed by atoms with van der Waals surface area (Å²) in [7, 11) is 3.00. The van der Waals surface area contributed by atoms with Gasteiger partial charge in [-0.25, -0.2) is 0 Å². The van der Waals surface area contributed by atoms with Crippen molar-refractivity contribution in [3.05, 3.63) is 53.1 Å². The SMILES string of the molecule is COc1ccc(Cl)cc1NC(=O)CN(C)CC(=O)NCc1ccccc1OC(F)(F)F. The number of alkyl halides is 3. The minimum absolute atomic E-state index is 0.114. The molecule has 0 unspecified atom stereocenters. The van der Waals surface area contributed by atoms with E-state index in [0.717, 1.165) is 6.07 Å². The number of nitrogens with zero attached hydrogens (tertiary/aromatic N) is 1. The first kappa shape index (κ1) is 24.3. The van der Waals surface area contributed by atoms with Crippen LogP contribution < -0.4 is 20.1 Å². The van der Waals surface area contributed by atoms with Crippen molar-refractivity contribution in [2.24, 2.45) is 0 Å². The molecule has 0 aliphatic rings. The average molecular weight is 460 g/mol. The van der Waals surface area contributed by atoms with E-state index in [2.05, 4.69) is 15.4 Å². The van der Waals surface area contributed by atoms with E-state index in [-0.39, 0.29) is 25.2 Å². The summed E-state index contributed by atoms with van der Waals surface area (Å²) in [6.45, 7) is -0.426. The third-order valence-corrected chi connectivity index (χ3v) is 4.17. The van der Waals surface area contributed by atoms with E-state index in [1.807, 2.05) is 0 Å². The third kappa shape index (κ3) is 8.35. The molecule has 2 aromatic carbocycles. The zero-order valence-corrected chi connectivity index (χ0v) is 17.5. The van der Waals surface area contributed by atoms with Crippen molar-refractivity contribution in [3.63, 3.8) is 0 Å². The fraction of sp³-hybridized carbons (Fsp3) is 0.300. The molecule has 2 rings (SSSR count). The lowest BCUT2D eigenvalue weighted by Gasteiger charge is -2.17. The van der Waals surface area contributed by atoms with E-state index in [9.17, 15) is 22.8 Å². The number of amides is 2. The molecule has 0 saturated heterocycles. The highest BCUT2D eigenvalue weighted by Crippen LogP contribution is 2.28. The number of benzene rings is 2. The summed E-state index contributed by atoms with van der Waals surface area (Å²) in [5.41, 5.74) is 0.556. The number of anilines is 1. The van der Waals surface area contributed by atoms with Crippen LogP contribution in [-0.2, 0) is 16.1 Å². The molecule has 31 heavy (non-hydrogen) atoms. The highest BCUT2D eigenvalue weighted by molar-refractivity contribution is 6.31. The maximum absolute atomic E-state index is 12.5. The number of halogens is 4. The predicted octanol–water partition coefficient (Wildman–Crippen LogP) is 3.43. The Hall–Kier alpha value is -2.98. The lowest BCUT2D eigenvalue weighted by atomic mass is 10.2. The Morgan fingerprint density at radius 3 is 2.42 bits per heavy atom. The molecule has 2 N–H and O–H groups in total. The summed E-state index contributed by atoms with van der Waals surface area (Å²) in [6, 6.07) is 10.3. The zero-order chi connectivity index (χ0) is 23.0. The van der Waals surface area contributed by atoms with Crippen molar-refractivity contribution in [1.82, 2.24) is 10.2 Å². The van der Waals surface area contributed by atoms with Crippen molar-refractivity contribution in [1.29, 1.82) is 0 Å². The van der Waals surface area contributed by atoms with Crippen LogP contribution in [0.3, 0.4) is 0 Å². The summed E-state index contributed by atoms with van der Waals surface area (Å²) in [6.07, 6.45) is -4.83. The molecule has 11 heteroatoms. The van der Waals surface area contributed by atoms with Gasteiger partial charge in [0.15, 0.2) is 0 Å². The summed E-state index contributed by atoms with van der Waals surface area (Å²) in [4.78, 5) is 25.8. The molecule has 0 bridgehead atoms. The van der Waals surface area contributed by atoms with E-state index in [1.165, 1.54) is 36.3 Å². The molecular formula is C20H21ClF3N3O4. The number of carbonyl (C=O) groups excluding carboxylic acids is 2. The highest BCUT2D eigenvalue weighted by atomic mass is 35.5. The maximum atomic E-state index is 12.5. The van der Waals surface area contributed by atoms with E-state index in [0.29, 0.717) is 16.5 Å². The number of methoxy groups -OCH3 is 1. The fourth-order valence-electron chi connectivity index (χ4n) is 2.64. The van der Waals surface area contributed by atoms with Crippen LogP contribution in [0.25, 0.3) is 0 Å². The Morgan fingerprint density at radius 1 is 1.06 bits per heavy atom. The molecule has 0 heterocycles. The molecule has 0 saturated carbocycles. The average Bonchev–Trinajstić information content (AvgIpc) is 2.66. The molecule has 0 aromatic heterocycles. The lowest BCUT2D eigenvalue weighted by Crippen LogP contribution is -2.38. The summed E-state index contributed by atoms with van der Waals surface area (Å²) >= 11 is 5.92. The van der Waals surface area contributed by atoms with Crippen LogP contribution in [-0.4, -0.2) is 50.3 Å². The second kappa shape index (κ2) is 10.9. The van der Waals surface area contributed by atoms with Crippen LogP contribution in [0.5, 0.6) is 11.5 Å². The second-order valence-corrected chi connectivity index (χ2v) is 6.93. The van der Waals surface area contributed by atoms with Gasteiger partial charge in [0, 0.05) is 17.1 Å². The Balaban J connectivity index is 1.85. The molecule has 168 valence electrons. The fourth-order valence-corrected chi connectivity index (χ4v) is 2.81. The van der Waals surface area contributed by atoms with Gasteiger partial charge in [-0.1, -0.05) is 29.8 Å². The van der Waals surface area contributed by atoms with E-state index in [4.69, 9.17) is 16.3 Å². The van der Waals surface area contributed by atoms with Crippen LogP contribution in [0.2, 0.25) is 5.02 Å². The second-order valence-electron chi connectivity index (χ2n) is 6.50. The third-order valence-electron chi connectivity index (χ3n) is 3.94. The monoisotopic (exact) mass is 459 g/mol. The molecule has 0 fully saturated rings. The summed E-state index contributed by atoms with van der Waals surface area (Å²) in [5.74, 6) is -0.839. The number of hydrogen-bond donors (Lipinski definition) is 2. The van der Waals surface area contributed by atoms with Crippen molar-refractivity contribution in [3.8, 4) is 11.5 Å². The smallest absolute Gasteiger partial charge is 0.495 e. The standard InChI is InChI=1S/C20H21ClF3N3O4/c1-27(12-19(29)26-15-9-14(21)7-8-17(15)30-2)11-18(28)25-10-13-5-3-4-6-16(13)31-20(22,23)24/h3-9H,10-12H2,1-2H3,(H,25,28)(H,26,29). The Kier molecular flexibility index (Phi) is 8.52. The van der Waals surface area contributed by atoms with E-state index < -0.39 is 23.9 Å². The van der Waals surface area contributed by atoms with Crippen molar-refractivity contribution < 1.29 is 32.2 Å². The van der Waals surface area contributed by atoms with Crippen molar-refractivity contribution in [2.75, 3.05) is 32.6 Å². The Bertz CT molecular complexity index is 925. The quantitative estimate of drug-likeness (QED) is 0.600. The van der Waals surface area contributed by atoms with Crippen molar-refractivity contribution >= 4 is 29.1 Å². The Morgan fingerprint density at radius 2 is 1.74 bits per heavy atom. The van der Waals surface area contributed by atoms with Gasteiger partial charge in [-0.15, -0.1) is 13.2 Å². The number of carbonyl (C=O) groups is 2. The highest BCUT2D eigenvalue weighted by Gasteiger charge is 2.32. The number of ether oxygens (including phenoxy) is 2. The van der Waals surface area contributed by atoms with Crippen molar-refractivity contribution in [2.45, 2.75) is 12.9 Å². The van der Waals surface area contributed by atoms with Crippen LogP contribution >= 0.6 is 11.6 Å². The molecule has 2 amide bonds. The number of rotatable bonds is 9. The van der Waals surface area contributed by atoms with Gasteiger partial charge in [0.1, 0.15) is 11.5 Å². The van der Waals surface area contributed by atoms with Gasteiger partial charge in [-0.05, 0) is 31.3 Å². The molecule has 0 atom stereocenters. The predicted molar refractivity (Wildman–Crippen MR) is 109 cm³/mol. The molecule has 0 aliphatic heterocycles. The Labute approximate surface area is 182 Å². The normalized spacial score (nSPS) is 11.2. The summed E-state index contributed by atoms with van der Waals surface area (Å²) in [5, 5.41) is 5.57. The van der Waals surface area contributed by atoms with E-state index in [1.54, 1.807) is 19.2 Å². The topological polar surface area (TPSA) is 79.9 Å². The minimum Gasteiger partial charge on any atom is -0.495 e. The molecular weight excluding hydrogens is 439 g/mol. The lowest BCUT2D eigenvalue weighted by molar-refractivity contribution is -0.274. The minimum atomic E-state index is -4.83.